The number of hydrogen-bond donors (Lipinski definition) is 1. The van der Waals surface area contributed by atoms with Gasteiger partial charge in [-0.25, -0.2) is 27.7 Å². The molecule has 0 saturated carbocycles. The van der Waals surface area contributed by atoms with Gasteiger partial charge < -0.3 is 15.1 Å². The average Bonchev–Trinajstić information content (AvgIpc) is 3.18. The number of hydrogen-bond acceptors (Lipinski definition) is 8. The van der Waals surface area contributed by atoms with E-state index >= 15 is 0 Å². The summed E-state index contributed by atoms with van der Waals surface area (Å²) in [5, 5.41) is 4.13. The molecule has 2 aromatic heterocycles. The van der Waals surface area contributed by atoms with Crippen LogP contribution in [0.3, 0.4) is 0 Å². The first-order chi connectivity index (χ1) is 18.5. The van der Waals surface area contributed by atoms with Crippen LogP contribution >= 0.6 is 11.6 Å². The number of benzene rings is 1. The van der Waals surface area contributed by atoms with Gasteiger partial charge in [0.25, 0.3) is 0 Å². The summed E-state index contributed by atoms with van der Waals surface area (Å²) >= 11 is 6.38. The Morgan fingerprint density at radius 2 is 1.90 bits per heavy atom. The van der Waals surface area contributed by atoms with E-state index in [0.717, 1.165) is 53.8 Å². The van der Waals surface area contributed by atoms with E-state index in [2.05, 4.69) is 62.1 Å². The molecule has 1 N–H and O–H groups in total. The Balaban J connectivity index is 0.00000172. The minimum Gasteiger partial charge on any atom is -0.369 e. The lowest BCUT2D eigenvalue weighted by Crippen LogP contribution is -2.35. The summed E-state index contributed by atoms with van der Waals surface area (Å²) in [6.07, 6.45) is 4.09. The molecule has 1 aromatic carbocycles. The molecule has 0 unspecified atom stereocenters. The highest BCUT2D eigenvalue weighted by atomic mass is 35.5. The molecule has 0 fully saturated rings. The van der Waals surface area contributed by atoms with Crippen molar-refractivity contribution in [3.8, 4) is 0 Å². The number of pyridine rings is 1. The molecule has 0 amide bonds. The molecule has 0 radical (unpaired) electrons. The number of aromatic nitrogens is 3. The van der Waals surface area contributed by atoms with E-state index in [-0.39, 0.29) is 11.2 Å². The zero-order valence-electron chi connectivity index (χ0n) is 23.6. The monoisotopic (exact) mass is 571 g/mol. The van der Waals surface area contributed by atoms with Gasteiger partial charge in [-0.15, -0.1) is 0 Å². The zero-order valence-corrected chi connectivity index (χ0v) is 25.1. The fraction of sp³-hybridized carbons (Fsp3) is 0.464. The van der Waals surface area contributed by atoms with Gasteiger partial charge in [0.05, 0.1) is 23.0 Å². The third-order valence-corrected chi connectivity index (χ3v) is 9.24. The number of fused-ring (bicyclic) bond motifs is 2. The van der Waals surface area contributed by atoms with Gasteiger partial charge in [-0.2, -0.15) is 0 Å². The number of halogens is 1. The van der Waals surface area contributed by atoms with Crippen molar-refractivity contribution in [1.82, 2.24) is 19.3 Å². The van der Waals surface area contributed by atoms with Crippen LogP contribution in [0.25, 0.3) is 0 Å². The minimum absolute atomic E-state index is 0.0694. The van der Waals surface area contributed by atoms with E-state index < -0.39 is 10.0 Å². The zero-order chi connectivity index (χ0) is 28.4. The van der Waals surface area contributed by atoms with Crippen molar-refractivity contribution < 1.29 is 8.42 Å². The van der Waals surface area contributed by atoms with E-state index in [1.165, 1.54) is 9.87 Å². The van der Waals surface area contributed by atoms with Gasteiger partial charge in [-0.05, 0) is 36.2 Å². The Kier molecular flexibility index (Phi) is 8.68. The Labute approximate surface area is 237 Å². The van der Waals surface area contributed by atoms with Crippen LogP contribution in [0.5, 0.6) is 0 Å². The van der Waals surface area contributed by atoms with Gasteiger partial charge in [0.15, 0.2) is 0 Å². The SMILES string of the molecule is CC.CN(C)S(=O)(=O)CCN1CC(C)(C)c2ccc(Nc3ncnc4c3CCN(c3ncccc3Cl)C4)cc21. The van der Waals surface area contributed by atoms with Crippen LogP contribution < -0.4 is 15.1 Å². The fourth-order valence-corrected chi connectivity index (χ4v) is 6.15. The molecule has 2 aliphatic rings. The Bertz CT molecular complexity index is 1430. The van der Waals surface area contributed by atoms with Crippen LogP contribution in [-0.2, 0) is 28.4 Å². The normalized spacial score (nSPS) is 15.9. The maximum atomic E-state index is 12.4. The summed E-state index contributed by atoms with van der Waals surface area (Å²) in [4.78, 5) is 17.9. The first-order valence-corrected chi connectivity index (χ1v) is 15.3. The largest absolute Gasteiger partial charge is 0.369 e. The van der Waals surface area contributed by atoms with Gasteiger partial charge >= 0.3 is 0 Å². The van der Waals surface area contributed by atoms with Crippen LogP contribution in [0, 0.1) is 0 Å². The lowest BCUT2D eigenvalue weighted by atomic mass is 9.87. The molecule has 39 heavy (non-hydrogen) atoms. The molecule has 4 heterocycles. The second-order valence-electron chi connectivity index (χ2n) is 10.4. The number of sulfonamides is 1. The van der Waals surface area contributed by atoms with Crippen LogP contribution in [0.15, 0.2) is 42.9 Å². The Morgan fingerprint density at radius 1 is 1.13 bits per heavy atom. The molecule has 210 valence electrons. The highest BCUT2D eigenvalue weighted by molar-refractivity contribution is 7.89. The van der Waals surface area contributed by atoms with Crippen LogP contribution in [0.2, 0.25) is 5.02 Å². The van der Waals surface area contributed by atoms with Crippen molar-refractivity contribution >= 4 is 44.6 Å². The molecule has 0 spiro atoms. The predicted molar refractivity (Wildman–Crippen MR) is 160 cm³/mol. The maximum Gasteiger partial charge on any atom is 0.215 e. The van der Waals surface area contributed by atoms with E-state index in [9.17, 15) is 8.42 Å². The summed E-state index contributed by atoms with van der Waals surface area (Å²) in [7, 11) is -0.129. The molecule has 3 aromatic rings. The van der Waals surface area contributed by atoms with Crippen molar-refractivity contribution in [1.29, 1.82) is 0 Å². The summed E-state index contributed by atoms with van der Waals surface area (Å²) in [5.74, 6) is 1.62. The lowest BCUT2D eigenvalue weighted by molar-refractivity contribution is 0.516. The van der Waals surface area contributed by atoms with Gasteiger partial charge in [0.1, 0.15) is 18.0 Å². The quantitative estimate of drug-likeness (QED) is 0.430. The van der Waals surface area contributed by atoms with Crippen molar-refractivity contribution in [3.63, 3.8) is 0 Å². The number of rotatable bonds is 7. The van der Waals surface area contributed by atoms with E-state index in [4.69, 9.17) is 11.6 Å². The predicted octanol–water partition coefficient (Wildman–Crippen LogP) is 4.85. The number of nitrogens with zero attached hydrogens (tertiary/aromatic N) is 6. The molecule has 0 aliphatic carbocycles. The van der Waals surface area contributed by atoms with Crippen molar-refractivity contribution in [3.05, 3.63) is 64.7 Å². The Morgan fingerprint density at radius 3 is 2.62 bits per heavy atom. The first kappa shape index (κ1) is 29.0. The highest BCUT2D eigenvalue weighted by Crippen LogP contribution is 2.42. The third kappa shape index (κ3) is 6.13. The van der Waals surface area contributed by atoms with Crippen LogP contribution in [-0.4, -0.2) is 67.2 Å². The number of anilines is 4. The van der Waals surface area contributed by atoms with Crippen LogP contribution in [0.4, 0.5) is 23.0 Å². The summed E-state index contributed by atoms with van der Waals surface area (Å²) in [6, 6.07) is 9.98. The van der Waals surface area contributed by atoms with Gasteiger partial charge in [-0.1, -0.05) is 45.4 Å². The molecule has 5 rings (SSSR count). The van der Waals surface area contributed by atoms with Crippen molar-refractivity contribution in [2.45, 2.75) is 46.1 Å². The average molecular weight is 572 g/mol. The third-order valence-electron chi connectivity index (χ3n) is 7.14. The van der Waals surface area contributed by atoms with Gasteiger partial charge in [-0.3, -0.25) is 0 Å². The topological polar surface area (TPSA) is 94.6 Å². The van der Waals surface area contributed by atoms with Crippen LogP contribution in [0.1, 0.15) is 44.5 Å². The van der Waals surface area contributed by atoms with Crippen molar-refractivity contribution in [2.75, 3.05) is 54.6 Å². The van der Waals surface area contributed by atoms with Crippen molar-refractivity contribution in [2.24, 2.45) is 0 Å². The standard InChI is InChI=1S/C26H32ClN7O2S.C2H6/c1-26(2)16-34(12-13-37(35,36)32(3)4)23-14-18(7-8-20(23)26)31-24-19-9-11-33(15-22(19)29-17-30-24)25-21(27)6-5-10-28-25;1-2/h5-8,10,14,17H,9,11-13,15-16H2,1-4H3,(H,29,30,31);1-2H3. The molecule has 2 aliphatic heterocycles. The molecule has 11 heteroatoms. The highest BCUT2D eigenvalue weighted by Gasteiger charge is 2.35. The first-order valence-electron chi connectivity index (χ1n) is 13.3. The summed E-state index contributed by atoms with van der Waals surface area (Å²) in [5.41, 5.74) is 5.15. The van der Waals surface area contributed by atoms with Gasteiger partial charge in [0.2, 0.25) is 10.0 Å². The molecule has 9 nitrogen and oxygen atoms in total. The second-order valence-corrected chi connectivity index (χ2v) is 13.1. The molecular formula is C28H38ClN7O2S. The fourth-order valence-electron chi connectivity index (χ4n) is 5.09. The molecule has 0 atom stereocenters. The maximum absolute atomic E-state index is 12.4. The molecule has 0 saturated heterocycles. The van der Waals surface area contributed by atoms with Gasteiger partial charge in [0, 0.05) is 62.3 Å². The Hall–Kier alpha value is -2.95. The second kappa shape index (κ2) is 11.7. The molecule has 0 bridgehead atoms. The molecular weight excluding hydrogens is 534 g/mol. The lowest BCUT2D eigenvalue weighted by Gasteiger charge is -2.30. The number of nitrogens with one attached hydrogen (secondary N) is 1. The van der Waals surface area contributed by atoms with E-state index in [1.807, 2.05) is 26.0 Å². The smallest absolute Gasteiger partial charge is 0.215 e. The van der Waals surface area contributed by atoms with E-state index in [1.54, 1.807) is 26.6 Å². The minimum atomic E-state index is -3.28. The van der Waals surface area contributed by atoms with E-state index in [0.29, 0.717) is 18.1 Å². The summed E-state index contributed by atoms with van der Waals surface area (Å²) < 4.78 is 26.1. The summed E-state index contributed by atoms with van der Waals surface area (Å²) in [6.45, 7) is 11.0.